The SMILES string of the molecule is COc1cccc(CNC(=O)CCN2C(=O)C(C)Oc3ccc(C)cc32)c1. The molecule has 0 fully saturated rings. The molecular weight excluding hydrogens is 344 g/mol. The highest BCUT2D eigenvalue weighted by Crippen LogP contribution is 2.34. The van der Waals surface area contributed by atoms with E-state index < -0.39 is 6.10 Å². The first-order valence-electron chi connectivity index (χ1n) is 8.96. The standard InChI is InChI=1S/C21H24N2O4/c1-14-7-8-19-18(11-14)23(21(25)15(2)27-19)10-9-20(24)22-13-16-5-4-6-17(12-16)26-3/h4-8,11-12,15H,9-10,13H2,1-3H3,(H,22,24). The van der Waals surface area contributed by atoms with Gasteiger partial charge in [-0.1, -0.05) is 18.2 Å². The van der Waals surface area contributed by atoms with E-state index in [1.807, 2.05) is 49.4 Å². The van der Waals surface area contributed by atoms with Crippen molar-refractivity contribution in [3.63, 3.8) is 0 Å². The maximum Gasteiger partial charge on any atom is 0.267 e. The van der Waals surface area contributed by atoms with Crippen LogP contribution in [0.2, 0.25) is 0 Å². The lowest BCUT2D eigenvalue weighted by molar-refractivity contribution is -0.125. The Morgan fingerprint density at radius 3 is 2.85 bits per heavy atom. The van der Waals surface area contributed by atoms with E-state index in [4.69, 9.17) is 9.47 Å². The van der Waals surface area contributed by atoms with Crippen LogP contribution in [0.4, 0.5) is 5.69 Å². The fourth-order valence-corrected chi connectivity index (χ4v) is 3.03. The van der Waals surface area contributed by atoms with Crippen molar-refractivity contribution in [2.24, 2.45) is 0 Å². The van der Waals surface area contributed by atoms with Crippen molar-refractivity contribution in [3.8, 4) is 11.5 Å². The Kier molecular flexibility index (Phi) is 5.64. The molecule has 2 aromatic rings. The topological polar surface area (TPSA) is 67.9 Å². The summed E-state index contributed by atoms with van der Waals surface area (Å²) in [5, 5.41) is 2.89. The van der Waals surface area contributed by atoms with Crippen molar-refractivity contribution in [2.45, 2.75) is 32.9 Å². The monoisotopic (exact) mass is 368 g/mol. The molecule has 2 amide bonds. The van der Waals surface area contributed by atoms with Gasteiger partial charge < -0.3 is 19.7 Å². The average molecular weight is 368 g/mol. The van der Waals surface area contributed by atoms with E-state index >= 15 is 0 Å². The summed E-state index contributed by atoms with van der Waals surface area (Å²) in [4.78, 5) is 26.4. The second kappa shape index (κ2) is 8.12. The molecule has 0 aromatic heterocycles. The number of carbonyl (C=O) groups is 2. The van der Waals surface area contributed by atoms with Crippen molar-refractivity contribution in [2.75, 3.05) is 18.6 Å². The van der Waals surface area contributed by atoms with Gasteiger partial charge in [-0.25, -0.2) is 0 Å². The molecule has 27 heavy (non-hydrogen) atoms. The molecule has 1 heterocycles. The summed E-state index contributed by atoms with van der Waals surface area (Å²) in [6.07, 6.45) is -0.337. The van der Waals surface area contributed by atoms with Gasteiger partial charge in [-0.15, -0.1) is 0 Å². The van der Waals surface area contributed by atoms with Crippen molar-refractivity contribution < 1.29 is 19.1 Å². The summed E-state index contributed by atoms with van der Waals surface area (Å²) < 4.78 is 10.8. The number of nitrogens with one attached hydrogen (secondary N) is 1. The summed E-state index contributed by atoms with van der Waals surface area (Å²) in [6.45, 7) is 4.41. The quantitative estimate of drug-likeness (QED) is 0.851. The Bertz CT molecular complexity index is 850. The molecule has 6 nitrogen and oxygen atoms in total. The predicted octanol–water partition coefficient (Wildman–Crippen LogP) is 2.82. The minimum atomic E-state index is -0.556. The van der Waals surface area contributed by atoms with Crippen LogP contribution in [-0.4, -0.2) is 31.6 Å². The van der Waals surface area contributed by atoms with Crippen molar-refractivity contribution >= 4 is 17.5 Å². The molecule has 0 aliphatic carbocycles. The zero-order chi connectivity index (χ0) is 19.4. The van der Waals surface area contributed by atoms with Gasteiger partial charge >= 0.3 is 0 Å². The van der Waals surface area contributed by atoms with Crippen molar-refractivity contribution in [3.05, 3.63) is 53.6 Å². The van der Waals surface area contributed by atoms with Crippen molar-refractivity contribution in [1.82, 2.24) is 5.32 Å². The van der Waals surface area contributed by atoms with Crippen LogP contribution in [0, 0.1) is 6.92 Å². The molecule has 1 N–H and O–H groups in total. The molecule has 1 aliphatic rings. The van der Waals surface area contributed by atoms with Gasteiger partial charge in [0.25, 0.3) is 5.91 Å². The molecule has 3 rings (SSSR count). The Balaban J connectivity index is 1.61. The summed E-state index contributed by atoms with van der Waals surface area (Å²) in [6, 6.07) is 13.3. The molecule has 1 atom stereocenters. The zero-order valence-electron chi connectivity index (χ0n) is 15.8. The molecule has 1 aliphatic heterocycles. The maximum atomic E-state index is 12.5. The number of amides is 2. The molecule has 0 saturated carbocycles. The van der Waals surface area contributed by atoms with Crippen LogP contribution in [0.1, 0.15) is 24.5 Å². The number of anilines is 1. The van der Waals surface area contributed by atoms with Gasteiger partial charge in [-0.3, -0.25) is 9.59 Å². The number of nitrogens with zero attached hydrogens (tertiary/aromatic N) is 1. The third kappa shape index (κ3) is 4.39. The Morgan fingerprint density at radius 1 is 1.26 bits per heavy atom. The average Bonchev–Trinajstić information content (AvgIpc) is 2.67. The largest absolute Gasteiger partial charge is 0.497 e. The minimum Gasteiger partial charge on any atom is -0.497 e. The van der Waals surface area contributed by atoms with Crippen LogP contribution >= 0.6 is 0 Å². The minimum absolute atomic E-state index is 0.112. The first-order valence-corrected chi connectivity index (χ1v) is 8.96. The van der Waals surface area contributed by atoms with Crippen LogP contribution in [0.25, 0.3) is 0 Å². The van der Waals surface area contributed by atoms with E-state index in [9.17, 15) is 9.59 Å². The fourth-order valence-electron chi connectivity index (χ4n) is 3.03. The van der Waals surface area contributed by atoms with E-state index in [-0.39, 0.29) is 18.2 Å². The van der Waals surface area contributed by atoms with E-state index in [1.54, 1.807) is 18.9 Å². The van der Waals surface area contributed by atoms with Gasteiger partial charge in [-0.2, -0.15) is 0 Å². The molecule has 0 radical (unpaired) electrons. The normalized spacial score (nSPS) is 15.7. The van der Waals surface area contributed by atoms with Gasteiger partial charge in [0, 0.05) is 19.5 Å². The third-order valence-electron chi connectivity index (χ3n) is 4.51. The second-order valence-electron chi connectivity index (χ2n) is 6.60. The number of aryl methyl sites for hydroxylation is 1. The summed E-state index contributed by atoms with van der Waals surface area (Å²) in [5.74, 6) is 1.18. The lowest BCUT2D eigenvalue weighted by atomic mass is 10.1. The smallest absolute Gasteiger partial charge is 0.267 e. The molecular formula is C21H24N2O4. The van der Waals surface area contributed by atoms with Crippen molar-refractivity contribution in [1.29, 1.82) is 0 Å². The highest BCUT2D eigenvalue weighted by Gasteiger charge is 2.31. The van der Waals surface area contributed by atoms with E-state index in [0.717, 1.165) is 22.6 Å². The Morgan fingerprint density at radius 2 is 2.07 bits per heavy atom. The van der Waals surface area contributed by atoms with Crippen LogP contribution in [0.15, 0.2) is 42.5 Å². The number of rotatable bonds is 6. The highest BCUT2D eigenvalue weighted by atomic mass is 16.5. The number of ether oxygens (including phenoxy) is 2. The van der Waals surface area contributed by atoms with Gasteiger partial charge in [0.2, 0.25) is 5.91 Å². The lowest BCUT2D eigenvalue weighted by Gasteiger charge is -2.33. The maximum absolute atomic E-state index is 12.5. The molecule has 0 spiro atoms. The van der Waals surface area contributed by atoms with E-state index in [0.29, 0.717) is 18.8 Å². The number of benzene rings is 2. The zero-order valence-corrected chi connectivity index (χ0v) is 15.8. The third-order valence-corrected chi connectivity index (χ3v) is 4.51. The molecule has 6 heteroatoms. The Hall–Kier alpha value is -3.02. The Labute approximate surface area is 159 Å². The summed E-state index contributed by atoms with van der Waals surface area (Å²) in [7, 11) is 1.61. The molecule has 142 valence electrons. The summed E-state index contributed by atoms with van der Waals surface area (Å²) >= 11 is 0. The van der Waals surface area contributed by atoms with E-state index in [2.05, 4.69) is 5.32 Å². The van der Waals surface area contributed by atoms with Crippen LogP contribution in [-0.2, 0) is 16.1 Å². The predicted molar refractivity (Wildman–Crippen MR) is 103 cm³/mol. The molecule has 2 aromatic carbocycles. The molecule has 0 bridgehead atoms. The number of carbonyl (C=O) groups excluding carboxylic acids is 2. The highest BCUT2D eigenvalue weighted by molar-refractivity contribution is 6.00. The van der Waals surface area contributed by atoms with Gasteiger partial charge in [0.1, 0.15) is 11.5 Å². The van der Waals surface area contributed by atoms with E-state index in [1.165, 1.54) is 0 Å². The number of methoxy groups -OCH3 is 1. The van der Waals surface area contributed by atoms with Gasteiger partial charge in [0.05, 0.1) is 12.8 Å². The van der Waals surface area contributed by atoms with Crippen LogP contribution in [0.3, 0.4) is 0 Å². The lowest BCUT2D eigenvalue weighted by Crippen LogP contribution is -2.45. The van der Waals surface area contributed by atoms with Crippen LogP contribution < -0.4 is 19.7 Å². The molecule has 1 unspecified atom stereocenters. The number of fused-ring (bicyclic) bond motifs is 1. The first kappa shape index (κ1) is 18.8. The first-order chi connectivity index (χ1) is 13.0. The fraction of sp³-hybridized carbons (Fsp3) is 0.333. The van der Waals surface area contributed by atoms with Gasteiger partial charge in [-0.05, 0) is 49.2 Å². The summed E-state index contributed by atoms with van der Waals surface area (Å²) in [5.41, 5.74) is 2.71. The van der Waals surface area contributed by atoms with Gasteiger partial charge in [0.15, 0.2) is 6.10 Å². The van der Waals surface area contributed by atoms with Crippen LogP contribution in [0.5, 0.6) is 11.5 Å². The second-order valence-corrected chi connectivity index (χ2v) is 6.60. The number of hydrogen-bond acceptors (Lipinski definition) is 4. The number of hydrogen-bond donors (Lipinski definition) is 1. The molecule has 0 saturated heterocycles.